The van der Waals surface area contributed by atoms with Crippen molar-refractivity contribution < 1.29 is 0 Å². The van der Waals surface area contributed by atoms with Crippen molar-refractivity contribution in [2.24, 2.45) is 11.8 Å². The van der Waals surface area contributed by atoms with Crippen molar-refractivity contribution in [3.05, 3.63) is 17.4 Å². The molecule has 78 valence electrons. The number of halogens is 1. The van der Waals surface area contributed by atoms with Gasteiger partial charge in [-0.2, -0.15) is 5.10 Å². The quantitative estimate of drug-likeness (QED) is 0.836. The largest absolute Gasteiger partial charge is 0.383 e. The zero-order valence-corrected chi connectivity index (χ0v) is 9.54. The van der Waals surface area contributed by atoms with Crippen LogP contribution in [0.1, 0.15) is 20.8 Å². The van der Waals surface area contributed by atoms with Crippen molar-refractivity contribution in [2.45, 2.75) is 20.8 Å². The highest BCUT2D eigenvalue weighted by molar-refractivity contribution is 6.29. The summed E-state index contributed by atoms with van der Waals surface area (Å²) in [6.07, 6.45) is 1.68. The van der Waals surface area contributed by atoms with Crippen molar-refractivity contribution in [1.29, 1.82) is 0 Å². The molecule has 4 heteroatoms. The van der Waals surface area contributed by atoms with Gasteiger partial charge in [0.15, 0.2) is 5.15 Å². The Labute approximate surface area is 89.9 Å². The molecule has 0 saturated heterocycles. The Balaban J connectivity index is 2.45. The number of hydrogen-bond acceptors (Lipinski definition) is 3. The molecule has 1 aromatic heterocycles. The van der Waals surface area contributed by atoms with Crippen LogP contribution >= 0.6 is 11.6 Å². The topological polar surface area (TPSA) is 37.8 Å². The highest BCUT2D eigenvalue weighted by atomic mass is 35.5. The van der Waals surface area contributed by atoms with E-state index in [1.165, 1.54) is 0 Å². The Hall–Kier alpha value is -0.830. The maximum Gasteiger partial charge on any atom is 0.153 e. The summed E-state index contributed by atoms with van der Waals surface area (Å²) in [5, 5.41) is 11.1. The second-order valence-electron chi connectivity index (χ2n) is 3.87. The van der Waals surface area contributed by atoms with Gasteiger partial charge in [-0.25, -0.2) is 0 Å². The van der Waals surface area contributed by atoms with Gasteiger partial charge in [0.25, 0.3) is 0 Å². The molecule has 1 N–H and O–H groups in total. The Kier molecular flexibility index (Phi) is 4.14. The second-order valence-corrected chi connectivity index (χ2v) is 4.26. The minimum Gasteiger partial charge on any atom is -0.383 e. The van der Waals surface area contributed by atoms with Gasteiger partial charge in [-0.15, -0.1) is 5.10 Å². The number of nitrogens with one attached hydrogen (secondary N) is 1. The minimum atomic E-state index is 0.423. The van der Waals surface area contributed by atoms with Crippen molar-refractivity contribution >= 4 is 17.3 Å². The summed E-state index contributed by atoms with van der Waals surface area (Å²) in [5.74, 6) is 1.30. The van der Waals surface area contributed by atoms with Crippen molar-refractivity contribution in [3.63, 3.8) is 0 Å². The van der Waals surface area contributed by atoms with Gasteiger partial charge < -0.3 is 5.32 Å². The Morgan fingerprint density at radius 1 is 1.43 bits per heavy atom. The molecule has 0 aliphatic carbocycles. The lowest BCUT2D eigenvalue weighted by molar-refractivity contribution is 0.439. The molecular formula is C10H16ClN3. The molecule has 1 atom stereocenters. The third kappa shape index (κ3) is 3.50. The van der Waals surface area contributed by atoms with Crippen molar-refractivity contribution in [3.8, 4) is 0 Å². The fourth-order valence-electron chi connectivity index (χ4n) is 0.952. The van der Waals surface area contributed by atoms with E-state index in [-0.39, 0.29) is 0 Å². The Bertz CT molecular complexity index is 288. The van der Waals surface area contributed by atoms with Crippen LogP contribution < -0.4 is 5.32 Å². The molecule has 0 aromatic carbocycles. The molecule has 3 nitrogen and oxygen atoms in total. The van der Waals surface area contributed by atoms with E-state index in [2.05, 4.69) is 36.3 Å². The summed E-state index contributed by atoms with van der Waals surface area (Å²) in [6, 6.07) is 1.78. The number of anilines is 1. The number of rotatable bonds is 4. The predicted octanol–water partition coefficient (Wildman–Crippen LogP) is 2.83. The van der Waals surface area contributed by atoms with Crippen LogP contribution in [0.25, 0.3) is 0 Å². The molecule has 0 aliphatic rings. The van der Waals surface area contributed by atoms with E-state index >= 15 is 0 Å². The summed E-state index contributed by atoms with van der Waals surface area (Å²) in [6.45, 7) is 7.57. The fraction of sp³-hybridized carbons (Fsp3) is 0.600. The van der Waals surface area contributed by atoms with Gasteiger partial charge in [-0.3, -0.25) is 0 Å². The van der Waals surface area contributed by atoms with Crippen LogP contribution in [-0.2, 0) is 0 Å². The van der Waals surface area contributed by atoms with E-state index in [9.17, 15) is 0 Å². The van der Waals surface area contributed by atoms with Crippen LogP contribution in [0, 0.1) is 11.8 Å². The standard InChI is InChI=1S/C10H16ClN3/c1-7(2)8(3)5-12-9-4-10(11)14-13-6-9/h4,6-8H,5H2,1-3H3,(H,12,14). The average Bonchev–Trinajstić information content (AvgIpc) is 2.14. The summed E-state index contributed by atoms with van der Waals surface area (Å²) in [4.78, 5) is 0. The van der Waals surface area contributed by atoms with Gasteiger partial charge in [0, 0.05) is 12.6 Å². The summed E-state index contributed by atoms with van der Waals surface area (Å²) >= 11 is 5.71. The smallest absolute Gasteiger partial charge is 0.153 e. The highest BCUT2D eigenvalue weighted by Gasteiger charge is 2.06. The third-order valence-electron chi connectivity index (χ3n) is 2.39. The maximum atomic E-state index is 5.71. The van der Waals surface area contributed by atoms with E-state index in [4.69, 9.17) is 11.6 Å². The minimum absolute atomic E-state index is 0.423. The summed E-state index contributed by atoms with van der Waals surface area (Å²) in [7, 11) is 0. The number of aromatic nitrogens is 2. The summed E-state index contributed by atoms with van der Waals surface area (Å²) < 4.78 is 0. The average molecular weight is 214 g/mol. The van der Waals surface area contributed by atoms with E-state index in [0.29, 0.717) is 17.0 Å². The third-order valence-corrected chi connectivity index (χ3v) is 2.58. The van der Waals surface area contributed by atoms with E-state index < -0.39 is 0 Å². The van der Waals surface area contributed by atoms with Crippen LogP contribution in [0.15, 0.2) is 12.3 Å². The van der Waals surface area contributed by atoms with Crippen LogP contribution in [0.2, 0.25) is 5.15 Å². The van der Waals surface area contributed by atoms with Crippen molar-refractivity contribution in [1.82, 2.24) is 10.2 Å². The molecular weight excluding hydrogens is 198 g/mol. The predicted molar refractivity (Wildman–Crippen MR) is 59.5 cm³/mol. The lowest BCUT2D eigenvalue weighted by atomic mass is 9.98. The first kappa shape index (κ1) is 11.2. The van der Waals surface area contributed by atoms with Gasteiger partial charge in [0.1, 0.15) is 0 Å². The Morgan fingerprint density at radius 3 is 2.71 bits per heavy atom. The zero-order valence-electron chi connectivity index (χ0n) is 8.79. The van der Waals surface area contributed by atoms with E-state index in [1.807, 2.05) is 0 Å². The first-order valence-corrected chi connectivity index (χ1v) is 5.19. The van der Waals surface area contributed by atoms with Crippen LogP contribution in [-0.4, -0.2) is 16.7 Å². The van der Waals surface area contributed by atoms with Gasteiger partial charge in [0.2, 0.25) is 0 Å². The molecule has 0 radical (unpaired) electrons. The molecule has 0 fully saturated rings. The lowest BCUT2D eigenvalue weighted by Crippen LogP contribution is -2.16. The molecule has 0 amide bonds. The van der Waals surface area contributed by atoms with Gasteiger partial charge >= 0.3 is 0 Å². The highest BCUT2D eigenvalue weighted by Crippen LogP contribution is 2.13. The molecule has 1 heterocycles. The molecule has 14 heavy (non-hydrogen) atoms. The molecule has 0 aliphatic heterocycles. The second kappa shape index (κ2) is 5.15. The normalized spacial score (nSPS) is 12.9. The fourth-order valence-corrected chi connectivity index (χ4v) is 1.11. The molecule has 0 bridgehead atoms. The van der Waals surface area contributed by atoms with E-state index in [0.717, 1.165) is 12.2 Å². The van der Waals surface area contributed by atoms with Crippen LogP contribution in [0.5, 0.6) is 0 Å². The SMILES string of the molecule is CC(C)C(C)CNc1cnnc(Cl)c1. The van der Waals surface area contributed by atoms with Crippen LogP contribution in [0.4, 0.5) is 5.69 Å². The van der Waals surface area contributed by atoms with Gasteiger partial charge in [-0.05, 0) is 11.8 Å². The maximum absolute atomic E-state index is 5.71. The van der Waals surface area contributed by atoms with Gasteiger partial charge in [0.05, 0.1) is 11.9 Å². The van der Waals surface area contributed by atoms with Gasteiger partial charge in [-0.1, -0.05) is 32.4 Å². The number of hydrogen-bond donors (Lipinski definition) is 1. The van der Waals surface area contributed by atoms with Crippen molar-refractivity contribution in [2.75, 3.05) is 11.9 Å². The zero-order chi connectivity index (χ0) is 10.6. The molecule has 1 rings (SSSR count). The van der Waals surface area contributed by atoms with E-state index in [1.54, 1.807) is 12.3 Å². The molecule has 1 aromatic rings. The lowest BCUT2D eigenvalue weighted by Gasteiger charge is -2.16. The molecule has 1 unspecified atom stereocenters. The number of nitrogens with zero attached hydrogens (tertiary/aromatic N) is 2. The summed E-state index contributed by atoms with van der Waals surface area (Å²) in [5.41, 5.74) is 0.928. The molecule has 0 saturated carbocycles. The Morgan fingerprint density at radius 2 is 2.14 bits per heavy atom. The molecule has 0 spiro atoms. The first-order valence-electron chi connectivity index (χ1n) is 4.81. The van der Waals surface area contributed by atoms with Crippen LogP contribution in [0.3, 0.4) is 0 Å². The monoisotopic (exact) mass is 213 g/mol. The first-order chi connectivity index (χ1) is 6.59.